The lowest BCUT2D eigenvalue weighted by atomic mass is 9.81. The zero-order valence-electron chi connectivity index (χ0n) is 11.0. The van der Waals surface area contributed by atoms with Crippen LogP contribution in [0.5, 0.6) is 0 Å². The molecule has 0 amide bonds. The number of hydrogen-bond acceptors (Lipinski definition) is 3. The van der Waals surface area contributed by atoms with Crippen molar-refractivity contribution in [1.82, 2.24) is 5.09 Å². The SMILES string of the molecule is CC1CCC(OC=O)CC(C)(C)C1.CNP. The second-order valence-electron chi connectivity index (χ2n) is 5.40. The number of nitrogens with one attached hydrogen (secondary N) is 1. The van der Waals surface area contributed by atoms with E-state index >= 15 is 0 Å². The molecule has 0 saturated heterocycles. The number of rotatable bonds is 2. The molecule has 0 aromatic heterocycles. The summed E-state index contributed by atoms with van der Waals surface area (Å²) in [5, 5.41) is 2.67. The lowest BCUT2D eigenvalue weighted by molar-refractivity contribution is -0.134. The zero-order chi connectivity index (χ0) is 12.6. The molecule has 3 atom stereocenters. The second-order valence-corrected chi connectivity index (χ2v) is 5.98. The first-order valence-electron chi connectivity index (χ1n) is 5.91. The Kier molecular flexibility index (Phi) is 7.96. The molecular weight excluding hydrogens is 221 g/mol. The normalized spacial score (nSPS) is 28.3. The van der Waals surface area contributed by atoms with Crippen molar-refractivity contribution in [2.45, 2.75) is 52.6 Å². The Morgan fingerprint density at radius 2 is 1.94 bits per heavy atom. The Labute approximate surface area is 102 Å². The van der Waals surface area contributed by atoms with Crippen molar-refractivity contribution in [3.63, 3.8) is 0 Å². The largest absolute Gasteiger partial charge is 0.465 e. The van der Waals surface area contributed by atoms with E-state index in [2.05, 4.69) is 35.2 Å². The molecule has 0 spiro atoms. The monoisotopic (exact) mass is 247 g/mol. The molecule has 1 aliphatic carbocycles. The van der Waals surface area contributed by atoms with Crippen molar-refractivity contribution < 1.29 is 9.53 Å². The number of ether oxygens (including phenoxy) is 1. The summed E-state index contributed by atoms with van der Waals surface area (Å²) in [7, 11) is 4.17. The van der Waals surface area contributed by atoms with Crippen LogP contribution in [-0.2, 0) is 9.53 Å². The third-order valence-electron chi connectivity index (χ3n) is 2.91. The van der Waals surface area contributed by atoms with E-state index in [-0.39, 0.29) is 6.10 Å². The molecule has 96 valence electrons. The van der Waals surface area contributed by atoms with Crippen molar-refractivity contribution >= 4 is 15.9 Å². The van der Waals surface area contributed by atoms with Gasteiger partial charge in [0, 0.05) is 0 Å². The summed E-state index contributed by atoms with van der Waals surface area (Å²) in [6, 6.07) is 0. The molecule has 3 unspecified atom stereocenters. The lowest BCUT2D eigenvalue weighted by Crippen LogP contribution is -2.20. The second kappa shape index (κ2) is 8.03. The summed E-state index contributed by atoms with van der Waals surface area (Å²) in [6.07, 6.45) is 4.62. The Balaban J connectivity index is 0.000000673. The topological polar surface area (TPSA) is 38.3 Å². The Morgan fingerprint density at radius 3 is 2.44 bits per heavy atom. The molecule has 1 saturated carbocycles. The van der Waals surface area contributed by atoms with E-state index in [1.807, 2.05) is 7.05 Å². The maximum atomic E-state index is 10.3. The molecule has 1 rings (SSSR count). The van der Waals surface area contributed by atoms with Crippen molar-refractivity contribution in [2.24, 2.45) is 11.3 Å². The average molecular weight is 247 g/mol. The molecule has 3 nitrogen and oxygen atoms in total. The summed E-state index contributed by atoms with van der Waals surface area (Å²) in [6.45, 7) is 7.40. The van der Waals surface area contributed by atoms with Gasteiger partial charge in [-0.1, -0.05) is 30.2 Å². The fraction of sp³-hybridized carbons (Fsp3) is 0.917. The molecule has 1 fully saturated rings. The van der Waals surface area contributed by atoms with E-state index in [1.165, 1.54) is 12.8 Å². The molecule has 0 aromatic carbocycles. The van der Waals surface area contributed by atoms with Gasteiger partial charge in [-0.05, 0) is 44.1 Å². The molecule has 1 N–H and O–H groups in total. The standard InChI is InChI=1S/C11H20O2.CH6NP/c1-9-4-5-10(13-8-12)7-11(2,3)6-9;1-2-3/h8-10H,4-7H2,1-3H3;2H,3H2,1H3. The number of carbonyl (C=O) groups excluding carboxylic acids is 1. The van der Waals surface area contributed by atoms with Gasteiger partial charge in [0.15, 0.2) is 0 Å². The van der Waals surface area contributed by atoms with Crippen LogP contribution in [0.3, 0.4) is 0 Å². The first-order valence-corrected chi connectivity index (χ1v) is 6.49. The highest BCUT2D eigenvalue weighted by molar-refractivity contribution is 7.13. The maximum absolute atomic E-state index is 10.3. The Morgan fingerprint density at radius 1 is 1.38 bits per heavy atom. The predicted molar refractivity (Wildman–Crippen MR) is 71.1 cm³/mol. The van der Waals surface area contributed by atoms with Gasteiger partial charge < -0.3 is 9.82 Å². The molecule has 0 aliphatic heterocycles. The van der Waals surface area contributed by atoms with Crippen molar-refractivity contribution in [1.29, 1.82) is 0 Å². The van der Waals surface area contributed by atoms with Gasteiger partial charge in [0.2, 0.25) is 0 Å². The lowest BCUT2D eigenvalue weighted by Gasteiger charge is -2.26. The fourth-order valence-corrected chi connectivity index (χ4v) is 2.51. The smallest absolute Gasteiger partial charge is 0.293 e. The molecule has 0 aromatic rings. The zero-order valence-corrected chi connectivity index (χ0v) is 12.1. The fourth-order valence-electron chi connectivity index (χ4n) is 2.51. The molecule has 0 bridgehead atoms. The first kappa shape index (κ1) is 15.9. The van der Waals surface area contributed by atoms with Crippen LogP contribution in [0, 0.1) is 11.3 Å². The molecule has 0 radical (unpaired) electrons. The van der Waals surface area contributed by atoms with Crippen LogP contribution in [0.2, 0.25) is 0 Å². The van der Waals surface area contributed by atoms with E-state index in [1.54, 1.807) is 0 Å². The van der Waals surface area contributed by atoms with E-state index in [4.69, 9.17) is 4.74 Å². The number of carbonyl (C=O) groups is 1. The van der Waals surface area contributed by atoms with Crippen molar-refractivity contribution in [3.05, 3.63) is 0 Å². The molecule has 1 aliphatic rings. The van der Waals surface area contributed by atoms with Crippen LogP contribution >= 0.6 is 9.39 Å². The van der Waals surface area contributed by atoms with Gasteiger partial charge in [0.1, 0.15) is 6.10 Å². The van der Waals surface area contributed by atoms with Crippen LogP contribution in [0.15, 0.2) is 0 Å². The maximum Gasteiger partial charge on any atom is 0.293 e. The molecule has 16 heavy (non-hydrogen) atoms. The van der Waals surface area contributed by atoms with Gasteiger partial charge >= 0.3 is 0 Å². The van der Waals surface area contributed by atoms with Gasteiger partial charge in [0.25, 0.3) is 6.47 Å². The Hall–Kier alpha value is -0.140. The third-order valence-corrected chi connectivity index (χ3v) is 2.91. The number of hydrogen-bond donors (Lipinski definition) is 1. The van der Waals surface area contributed by atoms with Crippen molar-refractivity contribution in [3.8, 4) is 0 Å². The summed E-state index contributed by atoms with van der Waals surface area (Å²) in [5.74, 6) is 0.759. The average Bonchev–Trinajstić information content (AvgIpc) is 2.26. The van der Waals surface area contributed by atoms with Crippen LogP contribution < -0.4 is 5.09 Å². The minimum atomic E-state index is 0.150. The summed E-state index contributed by atoms with van der Waals surface area (Å²) in [4.78, 5) is 10.3. The predicted octanol–water partition coefficient (Wildman–Crippen LogP) is 2.76. The van der Waals surface area contributed by atoms with Gasteiger partial charge in [-0.3, -0.25) is 4.79 Å². The van der Waals surface area contributed by atoms with Gasteiger partial charge in [0.05, 0.1) is 0 Å². The first-order chi connectivity index (χ1) is 7.45. The minimum Gasteiger partial charge on any atom is -0.465 e. The van der Waals surface area contributed by atoms with Crippen LogP contribution in [0.1, 0.15) is 46.5 Å². The highest BCUT2D eigenvalue weighted by atomic mass is 31.0. The summed E-state index contributed by atoms with van der Waals surface area (Å²) in [5.41, 5.74) is 0.323. The van der Waals surface area contributed by atoms with Crippen LogP contribution in [0.4, 0.5) is 0 Å². The molecular formula is C12H26NO2P. The van der Waals surface area contributed by atoms with Crippen LogP contribution in [-0.4, -0.2) is 19.6 Å². The molecule has 4 heteroatoms. The highest BCUT2D eigenvalue weighted by Gasteiger charge is 2.29. The minimum absolute atomic E-state index is 0.150. The van der Waals surface area contributed by atoms with E-state index < -0.39 is 0 Å². The summed E-state index contributed by atoms with van der Waals surface area (Å²) >= 11 is 0. The highest BCUT2D eigenvalue weighted by Crippen LogP contribution is 2.37. The summed E-state index contributed by atoms with van der Waals surface area (Å²) < 4.78 is 5.07. The molecule has 0 heterocycles. The van der Waals surface area contributed by atoms with Gasteiger partial charge in [-0.25, -0.2) is 0 Å². The van der Waals surface area contributed by atoms with E-state index in [9.17, 15) is 4.79 Å². The van der Waals surface area contributed by atoms with Gasteiger partial charge in [-0.15, -0.1) is 0 Å². The van der Waals surface area contributed by atoms with E-state index in [0.29, 0.717) is 11.9 Å². The Bertz CT molecular complexity index is 197. The third kappa shape index (κ3) is 7.19. The van der Waals surface area contributed by atoms with Crippen LogP contribution in [0.25, 0.3) is 0 Å². The van der Waals surface area contributed by atoms with E-state index in [0.717, 1.165) is 18.8 Å². The van der Waals surface area contributed by atoms with Gasteiger partial charge in [-0.2, -0.15) is 0 Å². The quantitative estimate of drug-likeness (QED) is 0.463. The van der Waals surface area contributed by atoms with Crippen molar-refractivity contribution in [2.75, 3.05) is 7.05 Å².